The number of aromatic hydroxyl groups is 2. The van der Waals surface area contributed by atoms with Crippen molar-refractivity contribution in [1.29, 1.82) is 0 Å². The summed E-state index contributed by atoms with van der Waals surface area (Å²) in [6, 6.07) is 16.7. The van der Waals surface area contributed by atoms with Crippen LogP contribution in [0.3, 0.4) is 0 Å². The second-order valence-electron chi connectivity index (χ2n) is 7.03. The number of hydrogen-bond donors (Lipinski definition) is 4. The molecule has 4 nitrogen and oxygen atoms in total. The van der Waals surface area contributed by atoms with E-state index < -0.39 is 0 Å². The van der Waals surface area contributed by atoms with Gasteiger partial charge in [0.05, 0.1) is 11.6 Å². The molecule has 4 heteroatoms. The molecule has 0 spiro atoms. The molecule has 4 N–H and O–H groups in total. The van der Waals surface area contributed by atoms with Gasteiger partial charge in [-0.3, -0.25) is 4.98 Å². The highest BCUT2D eigenvalue weighted by atomic mass is 16.3. The summed E-state index contributed by atoms with van der Waals surface area (Å²) in [6.07, 6.45) is 0.873. The number of nitrogens with one attached hydrogen (secondary N) is 2. The molecule has 6 rings (SSSR count). The van der Waals surface area contributed by atoms with Crippen LogP contribution in [-0.2, 0) is 6.42 Å². The van der Waals surface area contributed by atoms with Gasteiger partial charge in [0, 0.05) is 17.2 Å². The highest BCUT2D eigenvalue weighted by Gasteiger charge is 2.47. The number of benzene rings is 2. The number of fused-ring (bicyclic) bond motifs is 9. The molecule has 3 aromatic rings. The molecule has 0 saturated carbocycles. The molecule has 25 heavy (non-hydrogen) atoms. The maximum atomic E-state index is 10.6. The van der Waals surface area contributed by atoms with Crippen molar-refractivity contribution in [2.24, 2.45) is 0 Å². The monoisotopic (exact) mass is 328 g/mol. The Morgan fingerprint density at radius 1 is 0.920 bits per heavy atom. The molecule has 0 bridgehead atoms. The molecule has 0 amide bonds. The summed E-state index contributed by atoms with van der Waals surface area (Å²) in [5.74, 6) is 0.132. The SMILES string of the molecule is Oc1[nH]c(O)c2c1C1=C(Cc3ccccc31)C1Nc3ccccc3C21. The third kappa shape index (κ3) is 1.48. The average Bonchev–Trinajstić information content (AvgIpc) is 3.26. The quantitative estimate of drug-likeness (QED) is 0.508. The zero-order valence-electron chi connectivity index (χ0n) is 13.4. The van der Waals surface area contributed by atoms with Crippen LogP contribution < -0.4 is 5.32 Å². The third-order valence-corrected chi connectivity index (χ3v) is 5.86. The number of hydrogen-bond acceptors (Lipinski definition) is 3. The lowest BCUT2D eigenvalue weighted by atomic mass is 9.75. The van der Waals surface area contributed by atoms with E-state index >= 15 is 0 Å². The zero-order chi connectivity index (χ0) is 16.7. The van der Waals surface area contributed by atoms with E-state index in [1.165, 1.54) is 16.7 Å². The van der Waals surface area contributed by atoms with Crippen molar-refractivity contribution in [1.82, 2.24) is 4.98 Å². The maximum Gasteiger partial charge on any atom is 0.199 e. The molecule has 0 saturated heterocycles. The van der Waals surface area contributed by atoms with E-state index in [2.05, 4.69) is 40.6 Å². The largest absolute Gasteiger partial charge is 0.494 e. The number of aromatic amines is 1. The van der Waals surface area contributed by atoms with Crippen LogP contribution in [0, 0.1) is 0 Å². The molecule has 2 aliphatic carbocycles. The maximum absolute atomic E-state index is 10.6. The summed E-state index contributed by atoms with van der Waals surface area (Å²) < 4.78 is 0. The topological polar surface area (TPSA) is 68.3 Å². The van der Waals surface area contributed by atoms with Crippen molar-refractivity contribution in [2.75, 3.05) is 5.32 Å². The van der Waals surface area contributed by atoms with Crippen LogP contribution in [-0.4, -0.2) is 21.2 Å². The van der Waals surface area contributed by atoms with Gasteiger partial charge in [0.25, 0.3) is 0 Å². The van der Waals surface area contributed by atoms with Crippen molar-refractivity contribution in [3.63, 3.8) is 0 Å². The van der Waals surface area contributed by atoms with Gasteiger partial charge >= 0.3 is 0 Å². The molecule has 122 valence electrons. The van der Waals surface area contributed by atoms with Crippen LogP contribution in [0.5, 0.6) is 11.8 Å². The van der Waals surface area contributed by atoms with Gasteiger partial charge in [0.2, 0.25) is 0 Å². The number of anilines is 1. The Bertz CT molecular complexity index is 1090. The molecule has 2 aromatic carbocycles. The molecule has 0 radical (unpaired) electrons. The first-order valence-electron chi connectivity index (χ1n) is 8.55. The molecular weight excluding hydrogens is 312 g/mol. The van der Waals surface area contributed by atoms with Crippen LogP contribution in [0.15, 0.2) is 54.1 Å². The fourth-order valence-corrected chi connectivity index (χ4v) is 4.93. The predicted molar refractivity (Wildman–Crippen MR) is 96.0 cm³/mol. The molecule has 1 aliphatic heterocycles. The van der Waals surface area contributed by atoms with E-state index in [-0.39, 0.29) is 23.7 Å². The van der Waals surface area contributed by atoms with Gasteiger partial charge in [-0.15, -0.1) is 0 Å². The third-order valence-electron chi connectivity index (χ3n) is 5.86. The standard InChI is InChI=1S/C21H16N2O2/c24-20-17-15-11-6-2-1-5-10(11)9-13(15)19-16(18(17)21(25)23-20)12-7-3-4-8-14(12)22-19/h1-8,16,19,22-25H,9H2. The lowest BCUT2D eigenvalue weighted by molar-refractivity contribution is 0.422. The van der Waals surface area contributed by atoms with E-state index in [0.717, 1.165) is 34.4 Å². The second kappa shape index (κ2) is 4.28. The summed E-state index contributed by atoms with van der Waals surface area (Å²) in [5.41, 5.74) is 8.64. The van der Waals surface area contributed by atoms with Gasteiger partial charge in [0.15, 0.2) is 11.8 Å². The first-order chi connectivity index (χ1) is 12.2. The highest BCUT2D eigenvalue weighted by Crippen LogP contribution is 2.58. The van der Waals surface area contributed by atoms with Crippen LogP contribution in [0.4, 0.5) is 5.69 Å². The summed E-state index contributed by atoms with van der Waals surface area (Å²) in [6.45, 7) is 0. The molecule has 0 fully saturated rings. The number of H-pyrrole nitrogens is 1. The molecular formula is C21H16N2O2. The number of aromatic nitrogens is 1. The number of rotatable bonds is 0. The Labute approximate surface area is 144 Å². The smallest absolute Gasteiger partial charge is 0.199 e. The van der Waals surface area contributed by atoms with E-state index in [1.54, 1.807) is 0 Å². The molecule has 1 aromatic heterocycles. The molecule has 2 unspecified atom stereocenters. The molecule has 2 heterocycles. The first kappa shape index (κ1) is 13.2. The van der Waals surface area contributed by atoms with Gasteiger partial charge in [-0.2, -0.15) is 0 Å². The van der Waals surface area contributed by atoms with Crippen LogP contribution >= 0.6 is 0 Å². The minimum Gasteiger partial charge on any atom is -0.494 e. The van der Waals surface area contributed by atoms with Gasteiger partial charge in [-0.25, -0.2) is 0 Å². The summed E-state index contributed by atoms with van der Waals surface area (Å²) >= 11 is 0. The van der Waals surface area contributed by atoms with Crippen molar-refractivity contribution < 1.29 is 10.2 Å². The van der Waals surface area contributed by atoms with Gasteiger partial charge < -0.3 is 15.5 Å². The minimum absolute atomic E-state index is 0.0106. The number of para-hydroxylation sites is 1. The molecule has 3 aliphatic rings. The minimum atomic E-state index is 0.0106. The normalized spacial score (nSPS) is 21.9. The van der Waals surface area contributed by atoms with Gasteiger partial charge in [-0.1, -0.05) is 42.5 Å². The highest BCUT2D eigenvalue weighted by molar-refractivity contribution is 5.95. The Morgan fingerprint density at radius 3 is 2.64 bits per heavy atom. The molecule has 2 atom stereocenters. The van der Waals surface area contributed by atoms with Gasteiger partial charge in [-0.05, 0) is 40.3 Å². The van der Waals surface area contributed by atoms with E-state index in [1.807, 2.05) is 18.2 Å². The van der Waals surface area contributed by atoms with Crippen LogP contribution in [0.1, 0.15) is 33.7 Å². The fraction of sp³-hybridized carbons (Fsp3) is 0.143. The van der Waals surface area contributed by atoms with Crippen LogP contribution in [0.25, 0.3) is 5.57 Å². The predicted octanol–water partition coefficient (Wildman–Crippen LogP) is 3.72. The lowest BCUT2D eigenvalue weighted by Crippen LogP contribution is -2.28. The lowest BCUT2D eigenvalue weighted by Gasteiger charge is -2.29. The Hall–Kier alpha value is -3.14. The van der Waals surface area contributed by atoms with Gasteiger partial charge in [0.1, 0.15) is 0 Å². The summed E-state index contributed by atoms with van der Waals surface area (Å²) in [4.78, 5) is 2.75. The van der Waals surface area contributed by atoms with E-state index in [4.69, 9.17) is 0 Å². The van der Waals surface area contributed by atoms with Crippen molar-refractivity contribution >= 4 is 11.3 Å². The second-order valence-corrected chi connectivity index (χ2v) is 7.03. The van der Waals surface area contributed by atoms with Crippen molar-refractivity contribution in [3.8, 4) is 11.8 Å². The summed E-state index contributed by atoms with van der Waals surface area (Å²) in [5, 5.41) is 24.8. The Kier molecular flexibility index (Phi) is 2.26. The summed E-state index contributed by atoms with van der Waals surface area (Å²) in [7, 11) is 0. The first-order valence-corrected chi connectivity index (χ1v) is 8.55. The average molecular weight is 328 g/mol. The van der Waals surface area contributed by atoms with E-state index in [0.29, 0.717) is 0 Å². The van der Waals surface area contributed by atoms with Crippen molar-refractivity contribution in [2.45, 2.75) is 18.4 Å². The Morgan fingerprint density at radius 2 is 1.72 bits per heavy atom. The Balaban J connectivity index is 1.70. The fourth-order valence-electron chi connectivity index (χ4n) is 4.93. The zero-order valence-corrected chi connectivity index (χ0v) is 13.4. The van der Waals surface area contributed by atoms with Crippen LogP contribution in [0.2, 0.25) is 0 Å². The van der Waals surface area contributed by atoms with Crippen molar-refractivity contribution in [3.05, 3.63) is 81.9 Å². The van der Waals surface area contributed by atoms with E-state index in [9.17, 15) is 10.2 Å².